The SMILES string of the molecule is C[Si](C)(C)Oc1ccc([C@H](N)CCO)cc1.Cl. The highest BCUT2D eigenvalue weighted by atomic mass is 35.5. The van der Waals surface area contributed by atoms with Gasteiger partial charge < -0.3 is 15.3 Å². The van der Waals surface area contributed by atoms with Crippen LogP contribution < -0.4 is 10.2 Å². The zero-order valence-corrected chi connectivity index (χ0v) is 12.5. The van der Waals surface area contributed by atoms with Gasteiger partial charge in [-0.2, -0.15) is 0 Å². The van der Waals surface area contributed by atoms with Gasteiger partial charge in [0, 0.05) is 12.6 Å². The van der Waals surface area contributed by atoms with E-state index < -0.39 is 8.32 Å². The van der Waals surface area contributed by atoms with Crippen LogP contribution >= 0.6 is 12.4 Å². The molecule has 1 aromatic carbocycles. The summed E-state index contributed by atoms with van der Waals surface area (Å²) in [6, 6.07) is 7.74. The van der Waals surface area contributed by atoms with Crippen LogP contribution in [0.2, 0.25) is 19.6 Å². The first-order valence-corrected chi connectivity index (χ1v) is 8.98. The van der Waals surface area contributed by atoms with Crippen LogP contribution in [0.15, 0.2) is 24.3 Å². The summed E-state index contributed by atoms with van der Waals surface area (Å²) in [6.45, 7) is 6.57. The molecule has 1 rings (SSSR count). The summed E-state index contributed by atoms with van der Waals surface area (Å²) in [4.78, 5) is 0. The van der Waals surface area contributed by atoms with Crippen LogP contribution in [0, 0.1) is 0 Å². The third-order valence-corrected chi connectivity index (χ3v) is 3.02. The van der Waals surface area contributed by atoms with Crippen molar-refractivity contribution in [2.75, 3.05) is 6.61 Å². The van der Waals surface area contributed by atoms with Crippen LogP contribution in [0.3, 0.4) is 0 Å². The van der Waals surface area contributed by atoms with Gasteiger partial charge in [-0.3, -0.25) is 0 Å². The largest absolute Gasteiger partial charge is 0.544 e. The Kier molecular flexibility index (Phi) is 6.78. The van der Waals surface area contributed by atoms with Gasteiger partial charge in [0.05, 0.1) is 0 Å². The fourth-order valence-electron chi connectivity index (χ4n) is 1.44. The van der Waals surface area contributed by atoms with E-state index >= 15 is 0 Å². The van der Waals surface area contributed by atoms with Crippen molar-refractivity contribution in [2.24, 2.45) is 5.73 Å². The second-order valence-electron chi connectivity index (χ2n) is 4.90. The Morgan fingerprint density at radius 3 is 2.18 bits per heavy atom. The normalized spacial score (nSPS) is 12.8. The Hall–Kier alpha value is -0.553. The predicted molar refractivity (Wildman–Crippen MR) is 76.3 cm³/mol. The van der Waals surface area contributed by atoms with Crippen molar-refractivity contribution in [3.63, 3.8) is 0 Å². The lowest BCUT2D eigenvalue weighted by molar-refractivity contribution is 0.276. The maximum atomic E-state index is 8.81. The number of aliphatic hydroxyl groups excluding tert-OH is 1. The number of aliphatic hydroxyl groups is 1. The Bertz CT molecular complexity index is 324. The van der Waals surface area contributed by atoms with Gasteiger partial charge >= 0.3 is 0 Å². The highest BCUT2D eigenvalue weighted by Gasteiger charge is 2.16. The zero-order chi connectivity index (χ0) is 12.2. The van der Waals surface area contributed by atoms with E-state index in [0.717, 1.165) is 11.3 Å². The van der Waals surface area contributed by atoms with E-state index in [9.17, 15) is 0 Å². The minimum absolute atomic E-state index is 0. The molecule has 17 heavy (non-hydrogen) atoms. The number of halogens is 1. The van der Waals surface area contributed by atoms with Crippen molar-refractivity contribution >= 4 is 20.7 Å². The van der Waals surface area contributed by atoms with Crippen LogP contribution in [0.25, 0.3) is 0 Å². The van der Waals surface area contributed by atoms with E-state index in [1.807, 2.05) is 24.3 Å². The molecule has 0 heterocycles. The Labute approximate surface area is 111 Å². The topological polar surface area (TPSA) is 55.5 Å². The summed E-state index contributed by atoms with van der Waals surface area (Å²) in [5.74, 6) is 0.902. The maximum Gasteiger partial charge on any atom is 0.242 e. The Morgan fingerprint density at radius 1 is 1.24 bits per heavy atom. The molecule has 1 aromatic rings. The van der Waals surface area contributed by atoms with Gasteiger partial charge in [-0.15, -0.1) is 12.4 Å². The highest BCUT2D eigenvalue weighted by Crippen LogP contribution is 2.20. The van der Waals surface area contributed by atoms with Crippen molar-refractivity contribution in [1.29, 1.82) is 0 Å². The fraction of sp³-hybridized carbons (Fsp3) is 0.500. The first kappa shape index (κ1) is 16.4. The molecule has 0 unspecified atom stereocenters. The zero-order valence-electron chi connectivity index (χ0n) is 10.6. The van der Waals surface area contributed by atoms with E-state index in [0.29, 0.717) is 6.42 Å². The molecule has 1 atom stereocenters. The van der Waals surface area contributed by atoms with Crippen LogP contribution in [0.5, 0.6) is 5.75 Å². The Morgan fingerprint density at radius 2 is 1.76 bits per heavy atom. The minimum Gasteiger partial charge on any atom is -0.544 e. The molecule has 0 aromatic heterocycles. The van der Waals surface area contributed by atoms with Gasteiger partial charge in [0.1, 0.15) is 5.75 Å². The predicted octanol–water partition coefficient (Wildman–Crippen LogP) is 2.70. The van der Waals surface area contributed by atoms with Crippen molar-refractivity contribution in [1.82, 2.24) is 0 Å². The third-order valence-electron chi connectivity index (χ3n) is 2.17. The van der Waals surface area contributed by atoms with Crippen LogP contribution in [-0.2, 0) is 0 Å². The first-order chi connectivity index (χ1) is 7.42. The molecule has 3 N–H and O–H groups in total. The second kappa shape index (κ2) is 7.01. The standard InChI is InChI=1S/C12H21NO2Si.ClH/c1-16(2,3)15-11-6-4-10(5-7-11)12(13)8-9-14;/h4-7,12,14H,8-9,13H2,1-3H3;1H/t12-;/m1./s1. The lowest BCUT2D eigenvalue weighted by Gasteiger charge is -2.19. The lowest BCUT2D eigenvalue weighted by atomic mass is 10.1. The molecule has 0 radical (unpaired) electrons. The van der Waals surface area contributed by atoms with Gasteiger partial charge in [0.2, 0.25) is 8.32 Å². The van der Waals surface area contributed by atoms with Crippen LogP contribution in [0.1, 0.15) is 18.0 Å². The average Bonchev–Trinajstić information content (AvgIpc) is 2.16. The van der Waals surface area contributed by atoms with Gasteiger partial charge in [-0.05, 0) is 43.8 Å². The molecule has 0 bridgehead atoms. The van der Waals surface area contributed by atoms with Crippen molar-refractivity contribution in [3.8, 4) is 5.75 Å². The molecular weight excluding hydrogens is 254 g/mol. The van der Waals surface area contributed by atoms with E-state index in [1.165, 1.54) is 0 Å². The van der Waals surface area contributed by atoms with E-state index in [1.54, 1.807) is 0 Å². The number of hydrogen-bond acceptors (Lipinski definition) is 3. The molecule has 5 heteroatoms. The number of hydrogen-bond donors (Lipinski definition) is 2. The molecule has 0 aliphatic carbocycles. The molecule has 0 aliphatic rings. The van der Waals surface area contributed by atoms with E-state index in [-0.39, 0.29) is 25.1 Å². The third kappa shape index (κ3) is 6.07. The smallest absolute Gasteiger partial charge is 0.242 e. The number of rotatable bonds is 5. The molecule has 0 saturated carbocycles. The summed E-state index contributed by atoms with van der Waals surface area (Å²) in [5.41, 5.74) is 6.93. The molecule has 0 spiro atoms. The molecule has 0 amide bonds. The minimum atomic E-state index is -1.53. The van der Waals surface area contributed by atoms with E-state index in [4.69, 9.17) is 15.3 Å². The van der Waals surface area contributed by atoms with Gasteiger partial charge in [-0.25, -0.2) is 0 Å². The van der Waals surface area contributed by atoms with Crippen LogP contribution in [-0.4, -0.2) is 20.0 Å². The van der Waals surface area contributed by atoms with E-state index in [2.05, 4.69) is 19.6 Å². The van der Waals surface area contributed by atoms with Gasteiger partial charge in [0.15, 0.2) is 0 Å². The fourth-order valence-corrected chi connectivity index (χ4v) is 2.29. The highest BCUT2D eigenvalue weighted by molar-refractivity contribution is 6.70. The monoisotopic (exact) mass is 275 g/mol. The molecule has 98 valence electrons. The van der Waals surface area contributed by atoms with Crippen LogP contribution in [0.4, 0.5) is 0 Å². The summed E-state index contributed by atoms with van der Waals surface area (Å²) in [7, 11) is -1.53. The van der Waals surface area contributed by atoms with Gasteiger partial charge in [0.25, 0.3) is 0 Å². The summed E-state index contributed by atoms with van der Waals surface area (Å²) < 4.78 is 5.85. The molecule has 0 aliphatic heterocycles. The van der Waals surface area contributed by atoms with Gasteiger partial charge in [-0.1, -0.05) is 12.1 Å². The number of benzene rings is 1. The summed E-state index contributed by atoms with van der Waals surface area (Å²) in [6.07, 6.45) is 0.591. The molecule has 0 saturated heterocycles. The summed E-state index contributed by atoms with van der Waals surface area (Å²) in [5, 5.41) is 8.81. The second-order valence-corrected chi connectivity index (χ2v) is 9.33. The molecular formula is C12H22ClNO2Si. The number of nitrogens with two attached hydrogens (primary N) is 1. The maximum absolute atomic E-state index is 8.81. The first-order valence-electron chi connectivity index (χ1n) is 5.58. The lowest BCUT2D eigenvalue weighted by Crippen LogP contribution is -2.29. The average molecular weight is 276 g/mol. The Balaban J connectivity index is 0.00000256. The quantitative estimate of drug-likeness (QED) is 0.813. The molecule has 3 nitrogen and oxygen atoms in total. The van der Waals surface area contributed by atoms with Crippen molar-refractivity contribution < 1.29 is 9.53 Å². The van der Waals surface area contributed by atoms with Crippen molar-refractivity contribution in [3.05, 3.63) is 29.8 Å². The van der Waals surface area contributed by atoms with Crippen molar-refractivity contribution in [2.45, 2.75) is 32.1 Å². The summed E-state index contributed by atoms with van der Waals surface area (Å²) >= 11 is 0. The molecule has 0 fully saturated rings.